The van der Waals surface area contributed by atoms with Crippen molar-refractivity contribution in [1.82, 2.24) is 5.32 Å². The predicted molar refractivity (Wildman–Crippen MR) is 79.1 cm³/mol. The zero-order valence-electron chi connectivity index (χ0n) is 11.9. The minimum Gasteiger partial charge on any atom is -0.393 e. The molecule has 5 nitrogen and oxygen atoms in total. The van der Waals surface area contributed by atoms with E-state index in [9.17, 15) is 14.7 Å². The van der Waals surface area contributed by atoms with Crippen molar-refractivity contribution < 1.29 is 14.7 Å². The summed E-state index contributed by atoms with van der Waals surface area (Å²) in [7, 11) is 0. The molecule has 0 spiro atoms. The molecule has 0 aromatic heterocycles. The molecule has 1 aliphatic heterocycles. The minimum atomic E-state index is -0.169. The first kappa shape index (κ1) is 14.1. The number of aliphatic hydroxyl groups is 1. The Kier molecular flexibility index (Phi) is 3.92. The maximum absolute atomic E-state index is 12.2. The van der Waals surface area contributed by atoms with Crippen LogP contribution in [0.25, 0.3) is 0 Å². The molecule has 0 saturated heterocycles. The van der Waals surface area contributed by atoms with Crippen molar-refractivity contribution in [2.24, 2.45) is 5.92 Å². The second kappa shape index (κ2) is 5.85. The number of fused-ring (bicyclic) bond motifs is 1. The third kappa shape index (κ3) is 3.24. The van der Waals surface area contributed by atoms with E-state index in [0.29, 0.717) is 24.4 Å². The molecule has 0 bridgehead atoms. The Hall–Kier alpha value is -1.88. The molecule has 0 unspecified atom stereocenters. The molecule has 2 amide bonds. The highest BCUT2D eigenvalue weighted by Gasteiger charge is 2.21. The number of nitrogens with one attached hydrogen (secondary N) is 2. The largest absolute Gasteiger partial charge is 0.393 e. The SMILES string of the molecule is O=C1Cc2ccc(C(=O)NCC3CCC(O)CC3)cc2N1. The smallest absolute Gasteiger partial charge is 0.251 e. The summed E-state index contributed by atoms with van der Waals surface area (Å²) in [6.07, 6.45) is 3.79. The van der Waals surface area contributed by atoms with Crippen LogP contribution in [0.3, 0.4) is 0 Å². The Balaban J connectivity index is 1.56. The van der Waals surface area contributed by atoms with Crippen molar-refractivity contribution in [3.63, 3.8) is 0 Å². The molecule has 1 fully saturated rings. The van der Waals surface area contributed by atoms with Crippen molar-refractivity contribution in [1.29, 1.82) is 0 Å². The van der Waals surface area contributed by atoms with Crippen molar-refractivity contribution in [3.8, 4) is 0 Å². The highest BCUT2D eigenvalue weighted by molar-refractivity contribution is 6.02. The molecule has 1 aromatic rings. The molecule has 1 aliphatic carbocycles. The van der Waals surface area contributed by atoms with Crippen LogP contribution in [0.4, 0.5) is 5.69 Å². The minimum absolute atomic E-state index is 0.0247. The molecule has 1 aromatic carbocycles. The van der Waals surface area contributed by atoms with Gasteiger partial charge in [0.2, 0.25) is 5.91 Å². The van der Waals surface area contributed by atoms with E-state index < -0.39 is 0 Å². The molecule has 21 heavy (non-hydrogen) atoms. The molecule has 3 rings (SSSR count). The summed E-state index contributed by atoms with van der Waals surface area (Å²) < 4.78 is 0. The first-order valence-electron chi connectivity index (χ1n) is 7.51. The summed E-state index contributed by atoms with van der Waals surface area (Å²) in [5.74, 6) is 0.319. The van der Waals surface area contributed by atoms with Gasteiger partial charge in [-0.25, -0.2) is 0 Å². The molecular weight excluding hydrogens is 268 g/mol. The third-order valence-electron chi connectivity index (χ3n) is 4.36. The van der Waals surface area contributed by atoms with Gasteiger partial charge in [0.05, 0.1) is 12.5 Å². The Morgan fingerprint density at radius 1 is 1.29 bits per heavy atom. The third-order valence-corrected chi connectivity index (χ3v) is 4.36. The second-order valence-electron chi connectivity index (χ2n) is 5.98. The van der Waals surface area contributed by atoms with E-state index in [1.54, 1.807) is 12.1 Å². The normalized spacial score (nSPS) is 24.3. The Morgan fingerprint density at radius 3 is 2.81 bits per heavy atom. The predicted octanol–water partition coefficient (Wildman–Crippen LogP) is 1.46. The summed E-state index contributed by atoms with van der Waals surface area (Å²) in [6, 6.07) is 5.33. The second-order valence-corrected chi connectivity index (χ2v) is 5.98. The fraction of sp³-hybridized carbons (Fsp3) is 0.500. The van der Waals surface area contributed by atoms with Crippen LogP contribution in [0.2, 0.25) is 0 Å². The number of benzene rings is 1. The summed E-state index contributed by atoms with van der Waals surface area (Å²) >= 11 is 0. The highest BCUT2D eigenvalue weighted by Crippen LogP contribution is 2.25. The molecular formula is C16H20N2O3. The van der Waals surface area contributed by atoms with E-state index in [4.69, 9.17) is 0 Å². The maximum atomic E-state index is 12.2. The van der Waals surface area contributed by atoms with Gasteiger partial charge in [0.25, 0.3) is 5.91 Å². The van der Waals surface area contributed by atoms with Crippen LogP contribution < -0.4 is 10.6 Å². The van der Waals surface area contributed by atoms with E-state index in [1.165, 1.54) is 0 Å². The van der Waals surface area contributed by atoms with Gasteiger partial charge < -0.3 is 15.7 Å². The van der Waals surface area contributed by atoms with Gasteiger partial charge in [-0.05, 0) is 49.3 Å². The number of amides is 2. The Labute approximate surface area is 123 Å². The number of hydrogen-bond acceptors (Lipinski definition) is 3. The van der Waals surface area contributed by atoms with Crippen LogP contribution in [0.1, 0.15) is 41.6 Å². The lowest BCUT2D eigenvalue weighted by atomic mass is 9.87. The van der Waals surface area contributed by atoms with Gasteiger partial charge in [0.1, 0.15) is 0 Å². The molecule has 1 heterocycles. The Morgan fingerprint density at radius 2 is 2.05 bits per heavy atom. The number of carbonyl (C=O) groups is 2. The van der Waals surface area contributed by atoms with Crippen molar-refractivity contribution in [2.75, 3.05) is 11.9 Å². The summed E-state index contributed by atoms with van der Waals surface area (Å²) in [5.41, 5.74) is 2.26. The quantitative estimate of drug-likeness (QED) is 0.788. The first-order valence-corrected chi connectivity index (χ1v) is 7.51. The van der Waals surface area contributed by atoms with E-state index in [1.807, 2.05) is 6.07 Å². The maximum Gasteiger partial charge on any atom is 0.251 e. The lowest BCUT2D eigenvalue weighted by Crippen LogP contribution is -2.32. The highest BCUT2D eigenvalue weighted by atomic mass is 16.3. The van der Waals surface area contributed by atoms with Crippen LogP contribution in [0.5, 0.6) is 0 Å². The van der Waals surface area contributed by atoms with Crippen LogP contribution >= 0.6 is 0 Å². The van der Waals surface area contributed by atoms with Gasteiger partial charge in [-0.1, -0.05) is 6.07 Å². The van der Waals surface area contributed by atoms with Crippen molar-refractivity contribution in [2.45, 2.75) is 38.2 Å². The Bertz CT molecular complexity index is 563. The molecule has 2 aliphatic rings. The van der Waals surface area contributed by atoms with Crippen molar-refractivity contribution in [3.05, 3.63) is 29.3 Å². The summed E-state index contributed by atoms with van der Waals surface area (Å²) in [4.78, 5) is 23.5. The monoisotopic (exact) mass is 288 g/mol. The number of anilines is 1. The van der Waals surface area contributed by atoms with Gasteiger partial charge in [-0.15, -0.1) is 0 Å². The van der Waals surface area contributed by atoms with Gasteiger partial charge in [0, 0.05) is 17.8 Å². The number of rotatable bonds is 3. The average Bonchev–Trinajstić information content (AvgIpc) is 2.85. The van der Waals surface area contributed by atoms with E-state index in [-0.39, 0.29) is 17.9 Å². The van der Waals surface area contributed by atoms with Gasteiger partial charge >= 0.3 is 0 Å². The number of hydrogen-bond donors (Lipinski definition) is 3. The van der Waals surface area contributed by atoms with Crippen molar-refractivity contribution >= 4 is 17.5 Å². The van der Waals surface area contributed by atoms with Gasteiger partial charge in [-0.3, -0.25) is 9.59 Å². The van der Waals surface area contributed by atoms with Gasteiger partial charge in [-0.2, -0.15) is 0 Å². The summed E-state index contributed by atoms with van der Waals surface area (Å²) in [6.45, 7) is 0.648. The number of aliphatic hydroxyl groups excluding tert-OH is 1. The molecule has 1 saturated carbocycles. The molecule has 0 atom stereocenters. The van der Waals surface area contributed by atoms with Crippen LogP contribution in [0.15, 0.2) is 18.2 Å². The van der Waals surface area contributed by atoms with Gasteiger partial charge in [0.15, 0.2) is 0 Å². The molecule has 3 N–H and O–H groups in total. The van der Waals surface area contributed by atoms with E-state index in [0.717, 1.165) is 36.9 Å². The average molecular weight is 288 g/mol. The fourth-order valence-corrected chi connectivity index (χ4v) is 3.04. The van der Waals surface area contributed by atoms with E-state index in [2.05, 4.69) is 10.6 Å². The fourth-order valence-electron chi connectivity index (χ4n) is 3.04. The van der Waals surface area contributed by atoms with Crippen LogP contribution in [-0.4, -0.2) is 29.6 Å². The van der Waals surface area contributed by atoms with E-state index >= 15 is 0 Å². The topological polar surface area (TPSA) is 78.4 Å². The standard InChI is InChI=1S/C16H20N2O3/c19-13-5-1-10(2-6-13)9-17-16(21)12-4-3-11-8-15(20)18-14(11)7-12/h3-4,7,10,13,19H,1-2,5-6,8-9H2,(H,17,21)(H,18,20). The summed E-state index contributed by atoms with van der Waals surface area (Å²) in [5, 5.41) is 15.2. The van der Waals surface area contributed by atoms with Crippen LogP contribution in [-0.2, 0) is 11.2 Å². The molecule has 112 valence electrons. The molecule has 5 heteroatoms. The zero-order valence-corrected chi connectivity index (χ0v) is 11.9. The lowest BCUT2D eigenvalue weighted by molar-refractivity contribution is -0.115. The first-order chi connectivity index (χ1) is 10.1. The number of carbonyl (C=O) groups excluding carboxylic acids is 2. The lowest BCUT2D eigenvalue weighted by Gasteiger charge is -2.25. The molecule has 0 radical (unpaired) electrons. The zero-order chi connectivity index (χ0) is 14.8. The van der Waals surface area contributed by atoms with Crippen LogP contribution in [0, 0.1) is 5.92 Å².